The molecule has 0 aliphatic heterocycles. The molecule has 0 aliphatic rings. The van der Waals surface area contributed by atoms with Crippen molar-refractivity contribution in [3.63, 3.8) is 0 Å². The maximum Gasteiger partial charge on any atom is 0.179 e. The number of aliphatic imine (C=N–C) groups is 1. The van der Waals surface area contributed by atoms with E-state index in [0.717, 1.165) is 19.0 Å². The second-order valence-corrected chi connectivity index (χ2v) is 1.43. The van der Waals surface area contributed by atoms with Crippen molar-refractivity contribution in [2.75, 3.05) is 13.2 Å². The summed E-state index contributed by atoms with van der Waals surface area (Å²) in [5.41, 5.74) is 0. The number of hydrogen-bond acceptors (Lipinski definition) is 2. The largest absolute Gasteiger partial charge is 0.481 e. The van der Waals surface area contributed by atoms with Crippen LogP contribution in [0.4, 0.5) is 0 Å². The molecule has 0 rings (SSSR count). The zero-order valence-corrected chi connectivity index (χ0v) is 9.77. The zero-order chi connectivity index (χ0) is 10.4. The van der Waals surface area contributed by atoms with Crippen LogP contribution in [0.15, 0.2) is 4.99 Å². The van der Waals surface area contributed by atoms with Crippen LogP contribution in [0.2, 0.25) is 0 Å². The molecule has 0 fully saturated rings. The van der Waals surface area contributed by atoms with Gasteiger partial charge in [-0.2, -0.15) is 0 Å². The Kier molecular flexibility index (Phi) is 32.8. The second kappa shape index (κ2) is 22.4. The Hall–Kier alpha value is -0.530. The number of hydrogen-bond donors (Lipinski definition) is 0. The summed E-state index contributed by atoms with van der Waals surface area (Å²) in [5.74, 6) is 0.787. The number of nitrogens with zero attached hydrogens (tertiary/aromatic N) is 1. The van der Waals surface area contributed by atoms with Crippen LogP contribution < -0.4 is 0 Å². The van der Waals surface area contributed by atoms with Gasteiger partial charge < -0.3 is 4.74 Å². The van der Waals surface area contributed by atoms with Crippen LogP contribution >= 0.6 is 0 Å². The van der Waals surface area contributed by atoms with E-state index in [9.17, 15) is 0 Å². The van der Waals surface area contributed by atoms with Crippen LogP contribution in [0, 0.1) is 0 Å². The molecule has 2 heteroatoms. The Bertz CT molecular complexity index is 79.9. The maximum absolute atomic E-state index is 5.03. The molecular formula is C10H25NO. The smallest absolute Gasteiger partial charge is 0.179 e. The molecule has 2 nitrogen and oxygen atoms in total. The fourth-order valence-electron chi connectivity index (χ4n) is 0.477. The summed E-state index contributed by atoms with van der Waals surface area (Å²) in [5, 5.41) is 0. The predicted molar refractivity (Wildman–Crippen MR) is 58.0 cm³/mol. The summed E-state index contributed by atoms with van der Waals surface area (Å²) in [7, 11) is 0. The van der Waals surface area contributed by atoms with Gasteiger partial charge in [0.1, 0.15) is 0 Å². The monoisotopic (exact) mass is 175 g/mol. The van der Waals surface area contributed by atoms with E-state index < -0.39 is 0 Å². The molecule has 0 heterocycles. The highest BCUT2D eigenvalue weighted by molar-refractivity contribution is 5.72. The van der Waals surface area contributed by atoms with E-state index >= 15 is 0 Å². The molecule has 0 N–H and O–H groups in total. The molecule has 76 valence electrons. The minimum absolute atomic E-state index is 0.718. The van der Waals surface area contributed by atoms with E-state index in [1.54, 1.807) is 0 Å². The van der Waals surface area contributed by atoms with Gasteiger partial charge in [-0.05, 0) is 13.8 Å². The first-order valence-electron chi connectivity index (χ1n) is 4.95. The summed E-state index contributed by atoms with van der Waals surface area (Å²) in [6, 6.07) is 0. The second-order valence-electron chi connectivity index (χ2n) is 1.43. The minimum atomic E-state index is 0.718. The summed E-state index contributed by atoms with van der Waals surface area (Å²) in [6.07, 6.45) is 0. The van der Waals surface area contributed by atoms with Crippen LogP contribution in [0.3, 0.4) is 0 Å². The molecule has 0 spiro atoms. The Morgan fingerprint density at radius 3 is 1.75 bits per heavy atom. The van der Waals surface area contributed by atoms with E-state index in [4.69, 9.17) is 4.74 Å². The predicted octanol–water partition coefficient (Wildman–Crippen LogP) is 3.51. The first kappa shape index (κ1) is 17.5. The van der Waals surface area contributed by atoms with E-state index in [1.807, 2.05) is 48.5 Å². The average Bonchev–Trinajstić information content (AvgIpc) is 2.12. The van der Waals surface area contributed by atoms with Crippen molar-refractivity contribution in [1.29, 1.82) is 0 Å². The van der Waals surface area contributed by atoms with Crippen molar-refractivity contribution in [2.45, 2.75) is 48.5 Å². The van der Waals surface area contributed by atoms with E-state index in [0.29, 0.717) is 0 Å². The van der Waals surface area contributed by atoms with Crippen LogP contribution in [0.1, 0.15) is 48.5 Å². The van der Waals surface area contributed by atoms with Crippen molar-refractivity contribution in [2.24, 2.45) is 4.99 Å². The van der Waals surface area contributed by atoms with Gasteiger partial charge in [0, 0.05) is 13.5 Å². The molecule has 0 saturated carbocycles. The number of rotatable bonds is 2. The van der Waals surface area contributed by atoms with E-state index in [2.05, 4.69) is 4.99 Å². The summed E-state index contributed by atoms with van der Waals surface area (Å²) in [4.78, 5) is 4.01. The third-order valence-corrected chi connectivity index (χ3v) is 0.734. The maximum atomic E-state index is 5.03. The van der Waals surface area contributed by atoms with Gasteiger partial charge in [0.25, 0.3) is 0 Å². The molecule has 0 amide bonds. The van der Waals surface area contributed by atoms with Crippen LogP contribution in [-0.4, -0.2) is 19.0 Å². The van der Waals surface area contributed by atoms with Gasteiger partial charge >= 0.3 is 0 Å². The Morgan fingerprint density at radius 1 is 1.08 bits per heavy atom. The molecular weight excluding hydrogens is 150 g/mol. The fourth-order valence-corrected chi connectivity index (χ4v) is 0.477. The fraction of sp³-hybridized carbons (Fsp3) is 0.900. The highest BCUT2D eigenvalue weighted by atomic mass is 16.5. The zero-order valence-electron chi connectivity index (χ0n) is 9.77. The lowest BCUT2D eigenvalue weighted by molar-refractivity contribution is 0.323. The van der Waals surface area contributed by atoms with Crippen LogP contribution in [-0.2, 0) is 4.74 Å². The lowest BCUT2D eigenvalue weighted by atomic mass is 10.7. The van der Waals surface area contributed by atoms with Gasteiger partial charge in [0.05, 0.1) is 6.61 Å². The standard InChI is InChI=1S/C6H13NO.2C2H6/c1-4-7-6(3)8-5-2;2*1-2/h4-5H2,1-3H3;2*1-2H3. The lowest BCUT2D eigenvalue weighted by Gasteiger charge is -1.98. The molecule has 0 saturated heterocycles. The van der Waals surface area contributed by atoms with E-state index in [1.165, 1.54) is 0 Å². The van der Waals surface area contributed by atoms with Gasteiger partial charge in [-0.25, -0.2) is 0 Å². The van der Waals surface area contributed by atoms with Gasteiger partial charge in [-0.3, -0.25) is 4.99 Å². The third kappa shape index (κ3) is 22.7. The highest BCUT2D eigenvalue weighted by Crippen LogP contribution is 1.79. The van der Waals surface area contributed by atoms with Crippen molar-refractivity contribution in [3.05, 3.63) is 0 Å². The molecule has 0 aliphatic carbocycles. The number of ether oxygens (including phenoxy) is 1. The normalized spacial score (nSPS) is 8.75. The molecule has 0 aromatic carbocycles. The molecule has 0 unspecified atom stereocenters. The average molecular weight is 175 g/mol. The van der Waals surface area contributed by atoms with Gasteiger partial charge in [-0.15, -0.1) is 0 Å². The first-order chi connectivity index (χ1) is 5.81. The summed E-state index contributed by atoms with van der Waals surface area (Å²) < 4.78 is 5.03. The molecule has 0 atom stereocenters. The van der Waals surface area contributed by atoms with Crippen molar-refractivity contribution >= 4 is 5.90 Å². The van der Waals surface area contributed by atoms with Gasteiger partial charge in [-0.1, -0.05) is 27.7 Å². The van der Waals surface area contributed by atoms with Gasteiger partial charge in [0.2, 0.25) is 0 Å². The Labute approximate surface area is 78.0 Å². The van der Waals surface area contributed by atoms with Crippen molar-refractivity contribution < 1.29 is 4.74 Å². The van der Waals surface area contributed by atoms with Crippen molar-refractivity contribution in [1.82, 2.24) is 0 Å². The van der Waals surface area contributed by atoms with Crippen molar-refractivity contribution in [3.8, 4) is 0 Å². The summed E-state index contributed by atoms with van der Waals surface area (Å²) >= 11 is 0. The molecule has 0 bridgehead atoms. The third-order valence-electron chi connectivity index (χ3n) is 0.734. The summed E-state index contributed by atoms with van der Waals surface area (Å²) in [6.45, 7) is 15.3. The van der Waals surface area contributed by atoms with Crippen LogP contribution in [0.25, 0.3) is 0 Å². The van der Waals surface area contributed by atoms with Gasteiger partial charge in [0.15, 0.2) is 5.90 Å². The first-order valence-corrected chi connectivity index (χ1v) is 4.95. The van der Waals surface area contributed by atoms with Crippen LogP contribution in [0.5, 0.6) is 0 Å². The SMILES string of the molecule is CC.CC.CCN=C(C)OCC. The highest BCUT2D eigenvalue weighted by Gasteiger charge is 1.82. The molecule has 0 aromatic heterocycles. The van der Waals surface area contributed by atoms with E-state index in [-0.39, 0.29) is 0 Å². The molecule has 12 heavy (non-hydrogen) atoms. The quantitative estimate of drug-likeness (QED) is 0.465. The topological polar surface area (TPSA) is 21.6 Å². The Balaban J connectivity index is -0.000000175. The molecule has 0 aromatic rings. The Morgan fingerprint density at radius 2 is 1.50 bits per heavy atom. The lowest BCUT2D eigenvalue weighted by Crippen LogP contribution is -1.98. The minimum Gasteiger partial charge on any atom is -0.481 e. The molecule has 0 radical (unpaired) electrons.